The largest absolute Gasteiger partial charge is 0.481 e. The summed E-state index contributed by atoms with van der Waals surface area (Å²) in [6.07, 6.45) is -3.83. The molecule has 1 aromatic rings. The Labute approximate surface area is 114 Å². The van der Waals surface area contributed by atoms with Crippen molar-refractivity contribution < 1.29 is 23.1 Å². The van der Waals surface area contributed by atoms with Crippen LogP contribution in [0.3, 0.4) is 0 Å². The van der Waals surface area contributed by atoms with Gasteiger partial charge in [-0.15, -0.1) is 0 Å². The van der Waals surface area contributed by atoms with Crippen molar-refractivity contribution in [3.05, 3.63) is 35.4 Å². The summed E-state index contributed by atoms with van der Waals surface area (Å²) in [4.78, 5) is 11.7. The van der Waals surface area contributed by atoms with Crippen molar-refractivity contribution in [1.29, 1.82) is 0 Å². The van der Waals surface area contributed by atoms with E-state index in [0.717, 1.165) is 12.1 Å². The maximum atomic E-state index is 12.8. The highest BCUT2D eigenvalue weighted by atomic mass is 19.4. The Hall–Kier alpha value is -1.56. The van der Waals surface area contributed by atoms with Gasteiger partial charge in [0.1, 0.15) is 0 Å². The van der Waals surface area contributed by atoms with Gasteiger partial charge in [0.15, 0.2) is 0 Å². The van der Waals surface area contributed by atoms with Gasteiger partial charge in [-0.05, 0) is 44.0 Å². The van der Waals surface area contributed by atoms with Crippen LogP contribution < -0.4 is 5.32 Å². The number of benzene rings is 1. The first-order chi connectivity index (χ1) is 9.26. The number of carboxylic acid groups (broad SMARTS) is 1. The summed E-state index contributed by atoms with van der Waals surface area (Å²) in [5.41, 5.74) is -1.92. The first kappa shape index (κ1) is 14.8. The van der Waals surface area contributed by atoms with Crippen molar-refractivity contribution in [1.82, 2.24) is 5.32 Å². The number of halogens is 3. The fourth-order valence-electron chi connectivity index (χ4n) is 2.70. The summed E-state index contributed by atoms with van der Waals surface area (Å²) in [6, 6.07) is 4.63. The van der Waals surface area contributed by atoms with Gasteiger partial charge >= 0.3 is 12.1 Å². The Morgan fingerprint density at radius 2 is 2.00 bits per heavy atom. The van der Waals surface area contributed by atoms with E-state index in [1.165, 1.54) is 19.1 Å². The molecule has 6 heteroatoms. The maximum absolute atomic E-state index is 12.8. The number of carbonyl (C=O) groups is 1. The van der Waals surface area contributed by atoms with E-state index in [-0.39, 0.29) is 11.5 Å². The van der Waals surface area contributed by atoms with Crippen molar-refractivity contribution in [3.63, 3.8) is 0 Å². The van der Waals surface area contributed by atoms with Crippen LogP contribution >= 0.6 is 0 Å². The number of alkyl halides is 3. The topological polar surface area (TPSA) is 49.3 Å². The molecule has 0 bridgehead atoms. The molecule has 3 nitrogen and oxygen atoms in total. The molecular weight excluding hydrogens is 271 g/mol. The summed E-state index contributed by atoms with van der Waals surface area (Å²) in [5, 5.41) is 12.6. The molecular formula is C14H16F3NO2. The van der Waals surface area contributed by atoms with Crippen LogP contribution in [0.2, 0.25) is 0 Å². The normalized spacial score (nSPS) is 22.5. The van der Waals surface area contributed by atoms with Crippen LogP contribution in [0.5, 0.6) is 0 Å². The van der Waals surface area contributed by atoms with E-state index in [1.807, 2.05) is 0 Å². The lowest BCUT2D eigenvalue weighted by atomic mass is 9.71. The smallest absolute Gasteiger partial charge is 0.416 e. The fraction of sp³-hybridized carbons (Fsp3) is 0.500. The number of hydrogen-bond acceptors (Lipinski definition) is 2. The van der Waals surface area contributed by atoms with Crippen LogP contribution in [0.4, 0.5) is 13.2 Å². The van der Waals surface area contributed by atoms with Crippen LogP contribution in [-0.4, -0.2) is 24.2 Å². The number of hydrogen-bond donors (Lipinski definition) is 2. The van der Waals surface area contributed by atoms with Crippen molar-refractivity contribution in [3.8, 4) is 0 Å². The molecule has 0 saturated carbocycles. The molecule has 0 amide bonds. The van der Waals surface area contributed by atoms with Gasteiger partial charge in [0.25, 0.3) is 0 Å². The summed E-state index contributed by atoms with van der Waals surface area (Å²) in [5.74, 6) is -1.31. The highest BCUT2D eigenvalue weighted by Crippen LogP contribution is 2.38. The van der Waals surface area contributed by atoms with E-state index < -0.39 is 23.1 Å². The standard InChI is InChI=1S/C14H16F3NO2/c1-13(12(19)20,11-5-6-18-8-11)9-3-2-4-10(7-9)14(15,16)17/h2-4,7,11,18H,5-6,8H2,1H3,(H,19,20)/t11-,13?/m0/s1. The van der Waals surface area contributed by atoms with Crippen molar-refractivity contribution in [2.24, 2.45) is 5.92 Å². The summed E-state index contributed by atoms with van der Waals surface area (Å²) in [7, 11) is 0. The monoisotopic (exact) mass is 287 g/mol. The van der Waals surface area contributed by atoms with Gasteiger partial charge in [-0.1, -0.05) is 18.2 Å². The molecule has 1 fully saturated rings. The highest BCUT2D eigenvalue weighted by molar-refractivity contribution is 5.81. The Morgan fingerprint density at radius 3 is 2.50 bits per heavy atom. The molecule has 1 unspecified atom stereocenters. The molecule has 1 heterocycles. The molecule has 2 atom stereocenters. The number of nitrogens with one attached hydrogen (secondary N) is 1. The molecule has 0 spiro atoms. The first-order valence-corrected chi connectivity index (χ1v) is 6.38. The maximum Gasteiger partial charge on any atom is 0.416 e. The third-order valence-electron chi connectivity index (χ3n) is 4.11. The molecule has 0 radical (unpaired) electrons. The quantitative estimate of drug-likeness (QED) is 0.898. The van der Waals surface area contributed by atoms with Crippen molar-refractivity contribution >= 4 is 5.97 Å². The van der Waals surface area contributed by atoms with Gasteiger partial charge in [0.05, 0.1) is 11.0 Å². The minimum Gasteiger partial charge on any atom is -0.481 e. The van der Waals surface area contributed by atoms with Gasteiger partial charge in [-0.2, -0.15) is 13.2 Å². The van der Waals surface area contributed by atoms with E-state index in [9.17, 15) is 23.1 Å². The van der Waals surface area contributed by atoms with Crippen LogP contribution in [0, 0.1) is 5.92 Å². The van der Waals surface area contributed by atoms with E-state index >= 15 is 0 Å². The highest BCUT2D eigenvalue weighted by Gasteiger charge is 2.45. The second-order valence-electron chi connectivity index (χ2n) is 5.28. The Kier molecular flexibility index (Phi) is 3.77. The lowest BCUT2D eigenvalue weighted by molar-refractivity contribution is -0.145. The molecule has 1 aliphatic heterocycles. The minimum atomic E-state index is -4.47. The molecule has 1 aliphatic rings. The third kappa shape index (κ3) is 2.52. The van der Waals surface area contributed by atoms with Crippen LogP contribution in [0.25, 0.3) is 0 Å². The lowest BCUT2D eigenvalue weighted by Crippen LogP contribution is -2.41. The number of aliphatic carboxylic acids is 1. The molecule has 2 rings (SSSR count). The average Bonchev–Trinajstić information content (AvgIpc) is 2.91. The molecule has 110 valence electrons. The van der Waals surface area contributed by atoms with Gasteiger partial charge in [0, 0.05) is 0 Å². The Morgan fingerprint density at radius 1 is 1.35 bits per heavy atom. The third-order valence-corrected chi connectivity index (χ3v) is 4.11. The molecule has 2 N–H and O–H groups in total. The first-order valence-electron chi connectivity index (χ1n) is 6.38. The SMILES string of the molecule is CC(C(=O)O)(c1cccc(C(F)(F)F)c1)[C@H]1CCNC1. The van der Waals surface area contributed by atoms with Gasteiger partial charge < -0.3 is 10.4 Å². The van der Waals surface area contributed by atoms with E-state index in [2.05, 4.69) is 5.32 Å². The predicted octanol–water partition coefficient (Wildman–Crippen LogP) is 2.66. The van der Waals surface area contributed by atoms with Gasteiger partial charge in [-0.25, -0.2) is 0 Å². The fourth-order valence-corrected chi connectivity index (χ4v) is 2.70. The zero-order valence-corrected chi connectivity index (χ0v) is 11.0. The second-order valence-corrected chi connectivity index (χ2v) is 5.28. The molecule has 1 aromatic carbocycles. The Bertz CT molecular complexity index is 509. The average molecular weight is 287 g/mol. The molecule has 0 aromatic heterocycles. The minimum absolute atomic E-state index is 0.202. The van der Waals surface area contributed by atoms with Gasteiger partial charge in [0.2, 0.25) is 0 Å². The van der Waals surface area contributed by atoms with Gasteiger partial charge in [-0.3, -0.25) is 4.79 Å². The number of carboxylic acids is 1. The van der Waals surface area contributed by atoms with Crippen molar-refractivity contribution in [2.75, 3.05) is 13.1 Å². The zero-order chi connectivity index (χ0) is 15.0. The molecule has 20 heavy (non-hydrogen) atoms. The van der Waals surface area contributed by atoms with Crippen LogP contribution in [0.15, 0.2) is 24.3 Å². The van der Waals surface area contributed by atoms with E-state index in [0.29, 0.717) is 19.5 Å². The van der Waals surface area contributed by atoms with Crippen molar-refractivity contribution in [2.45, 2.75) is 24.9 Å². The summed E-state index contributed by atoms with van der Waals surface area (Å²) in [6.45, 7) is 2.69. The number of rotatable bonds is 3. The summed E-state index contributed by atoms with van der Waals surface area (Å²) < 4.78 is 38.3. The van der Waals surface area contributed by atoms with Crippen LogP contribution in [-0.2, 0) is 16.4 Å². The van der Waals surface area contributed by atoms with E-state index in [4.69, 9.17) is 0 Å². The van der Waals surface area contributed by atoms with E-state index in [1.54, 1.807) is 0 Å². The second kappa shape index (κ2) is 5.09. The Balaban J connectivity index is 2.47. The lowest BCUT2D eigenvalue weighted by Gasteiger charge is -2.31. The van der Waals surface area contributed by atoms with Crippen LogP contribution in [0.1, 0.15) is 24.5 Å². The molecule has 1 saturated heterocycles. The summed E-state index contributed by atoms with van der Waals surface area (Å²) >= 11 is 0. The molecule has 0 aliphatic carbocycles. The predicted molar refractivity (Wildman–Crippen MR) is 67.4 cm³/mol. The zero-order valence-electron chi connectivity index (χ0n) is 11.0.